The summed E-state index contributed by atoms with van der Waals surface area (Å²) in [5.41, 5.74) is 1.58. The molecule has 2 amide bonds. The molecule has 0 aliphatic heterocycles. The smallest absolute Gasteiger partial charge is 0.239 e. The van der Waals surface area contributed by atoms with E-state index in [0.29, 0.717) is 5.82 Å². The normalized spacial score (nSPS) is 10.5. The average molecular weight is 438 g/mol. The minimum atomic E-state index is -0.211. The lowest BCUT2D eigenvalue weighted by atomic mass is 10.3. The van der Waals surface area contributed by atoms with E-state index in [4.69, 9.17) is 0 Å². The predicted molar refractivity (Wildman–Crippen MR) is 103 cm³/mol. The van der Waals surface area contributed by atoms with Crippen LogP contribution in [0.5, 0.6) is 0 Å². The van der Waals surface area contributed by atoms with Crippen LogP contribution in [0.3, 0.4) is 0 Å². The van der Waals surface area contributed by atoms with Crippen LogP contribution in [0.4, 0.5) is 11.5 Å². The number of hydrogen-bond acceptors (Lipinski definition) is 4. The summed E-state index contributed by atoms with van der Waals surface area (Å²) >= 11 is 2.19. The molecule has 2 N–H and O–H groups in total. The van der Waals surface area contributed by atoms with Crippen molar-refractivity contribution in [3.05, 3.63) is 51.7 Å². The number of halogens is 1. The molecule has 126 valence electrons. The van der Waals surface area contributed by atoms with Crippen LogP contribution in [-0.2, 0) is 9.59 Å². The van der Waals surface area contributed by atoms with Crippen molar-refractivity contribution in [3.8, 4) is 0 Å². The van der Waals surface area contributed by atoms with Crippen molar-refractivity contribution < 1.29 is 9.59 Å². The largest absolute Gasteiger partial charge is 0.325 e. The topological polar surface area (TPSA) is 74.3 Å². The molecule has 0 saturated carbocycles. The van der Waals surface area contributed by atoms with Gasteiger partial charge in [-0.2, -0.15) is 0 Å². The third kappa shape index (κ3) is 6.25. The van der Waals surface area contributed by atoms with E-state index < -0.39 is 0 Å². The van der Waals surface area contributed by atoms with Crippen molar-refractivity contribution in [2.75, 3.05) is 30.8 Å². The molecule has 0 atom stereocenters. The van der Waals surface area contributed by atoms with E-state index in [1.165, 1.54) is 0 Å². The Morgan fingerprint density at radius 3 is 2.42 bits per heavy atom. The lowest BCUT2D eigenvalue weighted by Crippen LogP contribution is -2.36. The third-order valence-electron chi connectivity index (χ3n) is 3.09. The molecule has 0 saturated heterocycles. The van der Waals surface area contributed by atoms with Crippen LogP contribution in [0.1, 0.15) is 5.69 Å². The van der Waals surface area contributed by atoms with Crippen LogP contribution in [0.2, 0.25) is 0 Å². The zero-order valence-electron chi connectivity index (χ0n) is 13.5. The van der Waals surface area contributed by atoms with Gasteiger partial charge in [0.1, 0.15) is 5.82 Å². The quantitative estimate of drug-likeness (QED) is 0.680. The van der Waals surface area contributed by atoms with Crippen LogP contribution >= 0.6 is 22.6 Å². The minimum absolute atomic E-state index is 0.107. The maximum atomic E-state index is 12.0. The minimum Gasteiger partial charge on any atom is -0.325 e. The monoisotopic (exact) mass is 438 g/mol. The van der Waals surface area contributed by atoms with E-state index in [2.05, 4.69) is 38.2 Å². The Kier molecular flexibility index (Phi) is 6.68. The van der Waals surface area contributed by atoms with Crippen molar-refractivity contribution >= 4 is 45.9 Å². The second-order valence-corrected chi connectivity index (χ2v) is 6.69. The number of nitrogens with zero attached hydrogens (tertiary/aromatic N) is 2. The molecule has 6 nitrogen and oxygen atoms in total. The second-order valence-electron chi connectivity index (χ2n) is 5.44. The fourth-order valence-electron chi connectivity index (χ4n) is 2.11. The molecule has 0 spiro atoms. The first-order valence-electron chi connectivity index (χ1n) is 7.40. The van der Waals surface area contributed by atoms with Crippen molar-refractivity contribution in [3.63, 3.8) is 0 Å². The molecular formula is C17H19IN4O2. The Morgan fingerprint density at radius 1 is 1.08 bits per heavy atom. The summed E-state index contributed by atoms with van der Waals surface area (Å²) in [5, 5.41) is 5.53. The summed E-state index contributed by atoms with van der Waals surface area (Å²) in [4.78, 5) is 29.9. The molecule has 0 aliphatic rings. The highest BCUT2D eigenvalue weighted by Gasteiger charge is 2.11. The van der Waals surface area contributed by atoms with Crippen molar-refractivity contribution in [1.29, 1.82) is 0 Å². The summed E-state index contributed by atoms with van der Waals surface area (Å²) in [7, 11) is 1.72. The third-order valence-corrected chi connectivity index (χ3v) is 3.76. The van der Waals surface area contributed by atoms with E-state index >= 15 is 0 Å². The number of anilines is 2. The lowest BCUT2D eigenvalue weighted by molar-refractivity contribution is -0.119. The fourth-order valence-corrected chi connectivity index (χ4v) is 2.65. The molecule has 0 radical (unpaired) electrons. The highest BCUT2D eigenvalue weighted by molar-refractivity contribution is 14.1. The molecule has 0 aliphatic carbocycles. The fraction of sp³-hybridized carbons (Fsp3) is 0.235. The van der Waals surface area contributed by atoms with Gasteiger partial charge in [-0.25, -0.2) is 4.98 Å². The van der Waals surface area contributed by atoms with Gasteiger partial charge >= 0.3 is 0 Å². The number of carbonyl (C=O) groups is 2. The number of aryl methyl sites for hydroxylation is 1. The highest BCUT2D eigenvalue weighted by atomic mass is 127. The lowest BCUT2D eigenvalue weighted by Gasteiger charge is -2.16. The second kappa shape index (κ2) is 8.74. The number of rotatable bonds is 6. The van der Waals surface area contributed by atoms with Gasteiger partial charge in [0.25, 0.3) is 0 Å². The van der Waals surface area contributed by atoms with Gasteiger partial charge in [0.05, 0.1) is 13.1 Å². The Labute approximate surface area is 154 Å². The van der Waals surface area contributed by atoms with Gasteiger partial charge in [-0.05, 0) is 66.9 Å². The zero-order valence-corrected chi connectivity index (χ0v) is 15.7. The Balaban J connectivity index is 1.80. The molecule has 0 unspecified atom stereocenters. The van der Waals surface area contributed by atoms with Gasteiger partial charge in [0.15, 0.2) is 0 Å². The molecule has 0 fully saturated rings. The molecule has 1 heterocycles. The highest BCUT2D eigenvalue weighted by Crippen LogP contribution is 2.12. The maximum absolute atomic E-state index is 12.0. The first kappa shape index (κ1) is 18.3. The van der Waals surface area contributed by atoms with Gasteiger partial charge in [0.2, 0.25) is 11.8 Å². The van der Waals surface area contributed by atoms with Crippen molar-refractivity contribution in [1.82, 2.24) is 9.88 Å². The number of pyridine rings is 1. The molecule has 1 aromatic carbocycles. The van der Waals surface area contributed by atoms with Gasteiger partial charge in [-0.15, -0.1) is 0 Å². The molecule has 2 aromatic rings. The van der Waals surface area contributed by atoms with Crippen LogP contribution in [-0.4, -0.2) is 41.8 Å². The predicted octanol–water partition coefficient (Wildman–Crippen LogP) is 2.50. The summed E-state index contributed by atoms with van der Waals surface area (Å²) in [6.45, 7) is 2.09. The number of amides is 2. The van der Waals surface area contributed by atoms with Gasteiger partial charge in [0, 0.05) is 15.0 Å². The summed E-state index contributed by atoms with van der Waals surface area (Å²) in [6, 6.07) is 13.0. The first-order chi connectivity index (χ1) is 11.4. The molecular weight excluding hydrogens is 419 g/mol. The number of aromatic nitrogens is 1. The zero-order chi connectivity index (χ0) is 17.5. The number of hydrogen-bond donors (Lipinski definition) is 2. The first-order valence-corrected chi connectivity index (χ1v) is 8.48. The maximum Gasteiger partial charge on any atom is 0.239 e. The van der Waals surface area contributed by atoms with Gasteiger partial charge in [-0.3, -0.25) is 14.5 Å². The summed E-state index contributed by atoms with van der Waals surface area (Å²) < 4.78 is 1.05. The van der Waals surface area contributed by atoms with Crippen LogP contribution in [0, 0.1) is 10.5 Å². The van der Waals surface area contributed by atoms with E-state index in [-0.39, 0.29) is 24.9 Å². The van der Waals surface area contributed by atoms with E-state index in [1.807, 2.05) is 43.3 Å². The molecule has 2 rings (SSSR count). The molecule has 7 heteroatoms. The van der Waals surface area contributed by atoms with Crippen LogP contribution in [0.25, 0.3) is 0 Å². The van der Waals surface area contributed by atoms with Crippen LogP contribution in [0.15, 0.2) is 42.5 Å². The van der Waals surface area contributed by atoms with E-state index in [1.54, 1.807) is 18.0 Å². The number of carbonyl (C=O) groups excluding carboxylic acids is 2. The molecule has 24 heavy (non-hydrogen) atoms. The average Bonchev–Trinajstić information content (AvgIpc) is 2.46. The van der Waals surface area contributed by atoms with Gasteiger partial charge < -0.3 is 10.6 Å². The van der Waals surface area contributed by atoms with Crippen molar-refractivity contribution in [2.24, 2.45) is 0 Å². The SMILES string of the molecule is Cc1cccc(NC(=O)CN(C)CC(=O)Nc2cccc(I)c2)n1. The Bertz CT molecular complexity index is 675. The summed E-state index contributed by atoms with van der Waals surface area (Å²) in [5.74, 6) is 0.135. The Hall–Kier alpha value is -2.00. The van der Waals surface area contributed by atoms with E-state index in [0.717, 1.165) is 15.0 Å². The van der Waals surface area contributed by atoms with Crippen LogP contribution < -0.4 is 10.6 Å². The van der Waals surface area contributed by atoms with Crippen molar-refractivity contribution in [2.45, 2.75) is 6.92 Å². The number of likely N-dealkylation sites (N-methyl/N-ethyl adjacent to an activating group) is 1. The standard InChI is InChI=1S/C17H19IN4O2/c1-12-5-3-8-15(19-12)21-17(24)11-22(2)10-16(23)20-14-7-4-6-13(18)9-14/h3-9H,10-11H2,1-2H3,(H,20,23)(H,19,21,24). The Morgan fingerprint density at radius 2 is 1.75 bits per heavy atom. The number of nitrogens with one attached hydrogen (secondary N) is 2. The summed E-state index contributed by atoms with van der Waals surface area (Å²) in [6.07, 6.45) is 0. The molecule has 0 bridgehead atoms. The molecule has 1 aromatic heterocycles. The van der Waals surface area contributed by atoms with E-state index in [9.17, 15) is 9.59 Å². The number of benzene rings is 1. The van der Waals surface area contributed by atoms with Gasteiger partial charge in [-0.1, -0.05) is 12.1 Å².